The van der Waals surface area contributed by atoms with Gasteiger partial charge in [-0.1, -0.05) is 0 Å². The molecule has 76 valence electrons. The quantitative estimate of drug-likeness (QED) is 0.896. The van der Waals surface area contributed by atoms with E-state index in [1.54, 1.807) is 6.20 Å². The van der Waals surface area contributed by atoms with Crippen molar-refractivity contribution in [1.29, 1.82) is 0 Å². The number of aliphatic hydroxyl groups is 1. The van der Waals surface area contributed by atoms with E-state index < -0.39 is 0 Å². The molecule has 0 aromatic carbocycles. The molecule has 2 unspecified atom stereocenters. The van der Waals surface area contributed by atoms with Crippen LogP contribution in [0.5, 0.6) is 0 Å². The first kappa shape index (κ1) is 10.5. The van der Waals surface area contributed by atoms with Gasteiger partial charge in [0, 0.05) is 22.6 Å². The van der Waals surface area contributed by atoms with E-state index in [2.05, 4.69) is 27.0 Å². The average Bonchev–Trinajstić information content (AvgIpc) is 2.52. The zero-order valence-corrected chi connectivity index (χ0v) is 10.1. The third-order valence-electron chi connectivity index (χ3n) is 2.42. The zero-order valence-electron chi connectivity index (χ0n) is 7.69. The molecule has 2 heterocycles. The maximum absolute atomic E-state index is 9.67. The van der Waals surface area contributed by atoms with Crippen LogP contribution in [0.2, 0.25) is 0 Å². The Morgan fingerprint density at radius 3 is 3.00 bits per heavy atom. The largest absolute Gasteiger partial charge is 0.392 e. The van der Waals surface area contributed by atoms with Crippen molar-refractivity contribution in [3.05, 3.63) is 28.5 Å². The number of aromatic nitrogens is 1. The molecule has 1 saturated heterocycles. The van der Waals surface area contributed by atoms with Crippen LogP contribution in [-0.2, 0) is 6.42 Å². The molecule has 14 heavy (non-hydrogen) atoms. The van der Waals surface area contributed by atoms with E-state index in [0.29, 0.717) is 5.92 Å². The molecule has 0 spiro atoms. The van der Waals surface area contributed by atoms with Crippen LogP contribution in [0.15, 0.2) is 22.9 Å². The molecule has 2 nitrogen and oxygen atoms in total. The summed E-state index contributed by atoms with van der Waals surface area (Å²) in [5.41, 5.74) is 1.20. The van der Waals surface area contributed by atoms with Gasteiger partial charge in [0.15, 0.2) is 0 Å². The summed E-state index contributed by atoms with van der Waals surface area (Å²) >= 11 is 5.23. The van der Waals surface area contributed by atoms with Crippen molar-refractivity contribution in [3.63, 3.8) is 0 Å². The summed E-state index contributed by atoms with van der Waals surface area (Å²) in [7, 11) is 0. The second-order valence-corrected chi connectivity index (χ2v) is 5.57. The summed E-state index contributed by atoms with van der Waals surface area (Å²) < 4.78 is 1.01. The molecular weight excluding hydrogens is 262 g/mol. The van der Waals surface area contributed by atoms with E-state index in [-0.39, 0.29) is 6.10 Å². The number of hydrogen-bond donors (Lipinski definition) is 1. The highest BCUT2D eigenvalue weighted by Gasteiger charge is 2.25. The number of aliphatic hydroxyl groups excluding tert-OH is 1. The summed E-state index contributed by atoms with van der Waals surface area (Å²) in [6.07, 6.45) is 4.45. The van der Waals surface area contributed by atoms with Gasteiger partial charge in [0.05, 0.1) is 6.10 Å². The Morgan fingerprint density at radius 2 is 2.36 bits per heavy atom. The van der Waals surface area contributed by atoms with Crippen LogP contribution in [0.3, 0.4) is 0 Å². The van der Waals surface area contributed by atoms with Gasteiger partial charge in [-0.3, -0.25) is 4.98 Å². The molecule has 1 aromatic rings. The Balaban J connectivity index is 2.03. The lowest BCUT2D eigenvalue weighted by atomic mass is 9.98. The number of nitrogens with zero attached hydrogens (tertiary/aromatic N) is 1. The SMILES string of the molecule is OC1CSCC1Cc1cncc(Br)c1. The molecule has 1 N–H and O–H groups in total. The number of rotatable bonds is 2. The molecule has 2 atom stereocenters. The van der Waals surface area contributed by atoms with E-state index >= 15 is 0 Å². The van der Waals surface area contributed by atoms with Crippen LogP contribution in [0.1, 0.15) is 5.56 Å². The molecule has 1 fully saturated rings. The van der Waals surface area contributed by atoms with Crippen molar-refractivity contribution in [2.75, 3.05) is 11.5 Å². The highest BCUT2D eigenvalue weighted by atomic mass is 79.9. The molecule has 0 amide bonds. The molecule has 0 aliphatic carbocycles. The van der Waals surface area contributed by atoms with Gasteiger partial charge in [0.2, 0.25) is 0 Å². The van der Waals surface area contributed by atoms with Crippen molar-refractivity contribution in [3.8, 4) is 0 Å². The molecule has 0 bridgehead atoms. The Labute approximate surface area is 96.3 Å². The number of pyridine rings is 1. The molecule has 4 heteroatoms. The van der Waals surface area contributed by atoms with Crippen molar-refractivity contribution >= 4 is 27.7 Å². The molecular formula is C10H12BrNOS. The van der Waals surface area contributed by atoms with Crippen LogP contribution < -0.4 is 0 Å². The Bertz CT molecular complexity index is 321. The predicted octanol–water partition coefficient (Wildman–Crippen LogP) is 2.11. The van der Waals surface area contributed by atoms with Gasteiger partial charge in [-0.25, -0.2) is 0 Å². The normalized spacial score (nSPS) is 26.7. The molecule has 1 aliphatic heterocycles. The minimum atomic E-state index is -0.140. The van der Waals surface area contributed by atoms with Crippen molar-refractivity contribution in [1.82, 2.24) is 4.98 Å². The van der Waals surface area contributed by atoms with E-state index in [1.807, 2.05) is 18.0 Å². The Kier molecular flexibility index (Phi) is 3.47. The minimum absolute atomic E-state index is 0.140. The van der Waals surface area contributed by atoms with Crippen LogP contribution in [0, 0.1) is 5.92 Å². The third-order valence-corrected chi connectivity index (χ3v) is 4.10. The fraction of sp³-hybridized carbons (Fsp3) is 0.500. The second-order valence-electron chi connectivity index (χ2n) is 3.58. The standard InChI is InChI=1S/C10H12BrNOS/c11-9-2-7(3-12-4-9)1-8-5-14-6-10(8)13/h2-4,8,10,13H,1,5-6H2. The third kappa shape index (κ3) is 2.49. The fourth-order valence-electron chi connectivity index (χ4n) is 1.65. The lowest BCUT2D eigenvalue weighted by molar-refractivity contribution is 0.150. The summed E-state index contributed by atoms with van der Waals surface area (Å²) in [5, 5.41) is 9.67. The fourth-order valence-corrected chi connectivity index (χ4v) is 3.36. The van der Waals surface area contributed by atoms with Crippen LogP contribution >= 0.6 is 27.7 Å². The second kappa shape index (κ2) is 4.64. The molecule has 2 rings (SSSR count). The summed E-state index contributed by atoms with van der Waals surface area (Å²) in [4.78, 5) is 4.12. The lowest BCUT2D eigenvalue weighted by Crippen LogP contribution is -2.19. The summed E-state index contributed by atoms with van der Waals surface area (Å²) in [5.74, 6) is 2.34. The van der Waals surface area contributed by atoms with Crippen molar-refractivity contribution < 1.29 is 5.11 Å². The van der Waals surface area contributed by atoms with Crippen molar-refractivity contribution in [2.45, 2.75) is 12.5 Å². The smallest absolute Gasteiger partial charge is 0.0669 e. The Hall–Kier alpha value is -0.0600. The monoisotopic (exact) mass is 273 g/mol. The van der Waals surface area contributed by atoms with E-state index in [0.717, 1.165) is 22.4 Å². The van der Waals surface area contributed by atoms with Gasteiger partial charge < -0.3 is 5.11 Å². The van der Waals surface area contributed by atoms with Crippen LogP contribution in [0.25, 0.3) is 0 Å². The van der Waals surface area contributed by atoms with Gasteiger partial charge in [0.25, 0.3) is 0 Å². The van der Waals surface area contributed by atoms with Gasteiger partial charge in [0.1, 0.15) is 0 Å². The first-order valence-corrected chi connectivity index (χ1v) is 6.55. The lowest BCUT2D eigenvalue weighted by Gasteiger charge is -2.12. The maximum atomic E-state index is 9.67. The van der Waals surface area contributed by atoms with Gasteiger partial charge in [-0.2, -0.15) is 11.8 Å². The number of thioether (sulfide) groups is 1. The summed E-state index contributed by atoms with van der Waals surface area (Å²) in [6, 6.07) is 2.07. The minimum Gasteiger partial charge on any atom is -0.392 e. The van der Waals surface area contributed by atoms with E-state index in [1.165, 1.54) is 5.56 Å². The first-order valence-electron chi connectivity index (χ1n) is 4.61. The predicted molar refractivity (Wildman–Crippen MR) is 62.5 cm³/mol. The number of halogens is 1. The average molecular weight is 274 g/mol. The van der Waals surface area contributed by atoms with Gasteiger partial charge >= 0.3 is 0 Å². The zero-order chi connectivity index (χ0) is 9.97. The van der Waals surface area contributed by atoms with Crippen LogP contribution in [0.4, 0.5) is 0 Å². The summed E-state index contributed by atoms with van der Waals surface area (Å²) in [6.45, 7) is 0. The Morgan fingerprint density at radius 1 is 1.50 bits per heavy atom. The number of hydrogen-bond acceptors (Lipinski definition) is 3. The van der Waals surface area contributed by atoms with E-state index in [4.69, 9.17) is 0 Å². The van der Waals surface area contributed by atoms with E-state index in [9.17, 15) is 5.11 Å². The molecule has 1 aromatic heterocycles. The van der Waals surface area contributed by atoms with Crippen molar-refractivity contribution in [2.24, 2.45) is 5.92 Å². The van der Waals surface area contributed by atoms with Gasteiger partial charge in [-0.05, 0) is 45.7 Å². The first-order chi connectivity index (χ1) is 6.75. The topological polar surface area (TPSA) is 33.1 Å². The highest BCUT2D eigenvalue weighted by molar-refractivity contribution is 9.10. The molecule has 0 saturated carbocycles. The van der Waals surface area contributed by atoms with Gasteiger partial charge in [-0.15, -0.1) is 0 Å². The molecule has 1 aliphatic rings. The molecule has 0 radical (unpaired) electrons. The maximum Gasteiger partial charge on any atom is 0.0669 e. The highest BCUT2D eigenvalue weighted by Crippen LogP contribution is 2.27. The van der Waals surface area contributed by atoms with Crippen LogP contribution in [-0.4, -0.2) is 27.7 Å².